The summed E-state index contributed by atoms with van der Waals surface area (Å²) in [5, 5.41) is 0. The molecular formula is C24H31N3O3. The number of methoxy groups -OCH3 is 2. The molecule has 2 fully saturated rings. The van der Waals surface area contributed by atoms with Crippen LogP contribution in [0.1, 0.15) is 40.4 Å². The molecule has 0 saturated carbocycles. The van der Waals surface area contributed by atoms with E-state index in [2.05, 4.69) is 22.0 Å². The zero-order chi connectivity index (χ0) is 21.1. The van der Waals surface area contributed by atoms with E-state index in [0.29, 0.717) is 6.04 Å². The minimum atomic E-state index is 0.109. The maximum atomic E-state index is 13.2. The summed E-state index contributed by atoms with van der Waals surface area (Å²) in [5.74, 6) is 0.872. The lowest BCUT2D eigenvalue weighted by atomic mass is 9.63. The molecule has 1 aromatic carbocycles. The summed E-state index contributed by atoms with van der Waals surface area (Å²) in [4.78, 5) is 21.9. The van der Waals surface area contributed by atoms with Crippen LogP contribution in [0.3, 0.4) is 0 Å². The van der Waals surface area contributed by atoms with Crippen LogP contribution in [0.15, 0.2) is 42.7 Å². The highest BCUT2D eigenvalue weighted by molar-refractivity contribution is 5.96. The standard InChI is InChI=1S/C24H31N3O3/c1-18-20(5-4-6-21(18)30-3)23(28)26-13-9-24(10-14-26)17-27(15-16-29-2)22(24)19-7-11-25-12-8-19/h4-8,11-12,22H,9-10,13-17H2,1-3H3. The van der Waals surface area contributed by atoms with E-state index < -0.39 is 0 Å². The third-order valence-corrected chi connectivity index (χ3v) is 6.85. The second-order valence-corrected chi connectivity index (χ2v) is 8.43. The molecule has 1 amide bonds. The van der Waals surface area contributed by atoms with Crippen molar-refractivity contribution in [3.63, 3.8) is 0 Å². The summed E-state index contributed by atoms with van der Waals surface area (Å²) in [6.45, 7) is 6.25. The molecule has 1 unspecified atom stereocenters. The Kier molecular flexibility index (Phi) is 6.06. The summed E-state index contributed by atoms with van der Waals surface area (Å²) in [6, 6.07) is 10.3. The van der Waals surface area contributed by atoms with E-state index in [1.165, 1.54) is 5.56 Å². The van der Waals surface area contributed by atoms with E-state index in [-0.39, 0.29) is 11.3 Å². The third-order valence-electron chi connectivity index (χ3n) is 6.85. The van der Waals surface area contributed by atoms with Crippen molar-refractivity contribution in [2.24, 2.45) is 5.41 Å². The fraction of sp³-hybridized carbons (Fsp3) is 0.500. The number of hydrogen-bond acceptors (Lipinski definition) is 5. The molecule has 30 heavy (non-hydrogen) atoms. The number of nitrogens with zero attached hydrogens (tertiary/aromatic N) is 3. The summed E-state index contributed by atoms with van der Waals surface area (Å²) in [7, 11) is 3.40. The smallest absolute Gasteiger partial charge is 0.254 e. The molecule has 1 aromatic heterocycles. The molecule has 3 heterocycles. The molecule has 2 saturated heterocycles. The van der Waals surface area contributed by atoms with Gasteiger partial charge < -0.3 is 14.4 Å². The molecule has 2 aliphatic rings. The molecule has 0 aliphatic carbocycles. The number of amides is 1. The summed E-state index contributed by atoms with van der Waals surface area (Å²) in [5.41, 5.74) is 3.19. The number of carbonyl (C=O) groups excluding carboxylic acids is 1. The highest BCUT2D eigenvalue weighted by Gasteiger charge is 2.54. The SMILES string of the molecule is COCCN1CC2(CCN(C(=O)c3cccc(OC)c3C)CC2)C1c1ccncc1. The molecule has 6 heteroatoms. The largest absolute Gasteiger partial charge is 0.496 e. The fourth-order valence-corrected chi connectivity index (χ4v) is 5.21. The highest BCUT2D eigenvalue weighted by atomic mass is 16.5. The summed E-state index contributed by atoms with van der Waals surface area (Å²) >= 11 is 0. The molecule has 1 spiro atoms. The molecule has 2 aromatic rings. The maximum Gasteiger partial charge on any atom is 0.254 e. The number of pyridine rings is 1. The number of aromatic nitrogens is 1. The number of piperidine rings is 1. The molecule has 4 rings (SSSR count). The van der Waals surface area contributed by atoms with Crippen LogP contribution in [0, 0.1) is 12.3 Å². The van der Waals surface area contributed by atoms with Crippen LogP contribution in [0.25, 0.3) is 0 Å². The summed E-state index contributed by atoms with van der Waals surface area (Å²) < 4.78 is 10.7. The molecule has 1 atom stereocenters. The average Bonchev–Trinajstić information content (AvgIpc) is 2.77. The second kappa shape index (κ2) is 8.74. The normalized spacial score (nSPS) is 20.8. The van der Waals surface area contributed by atoms with Crippen molar-refractivity contribution in [2.75, 3.05) is 47.0 Å². The first-order valence-electron chi connectivity index (χ1n) is 10.7. The van der Waals surface area contributed by atoms with Crippen molar-refractivity contribution in [2.45, 2.75) is 25.8 Å². The van der Waals surface area contributed by atoms with Crippen molar-refractivity contribution < 1.29 is 14.3 Å². The predicted molar refractivity (Wildman–Crippen MR) is 116 cm³/mol. The van der Waals surface area contributed by atoms with Crippen molar-refractivity contribution in [1.82, 2.24) is 14.8 Å². The van der Waals surface area contributed by atoms with Gasteiger partial charge in [0.1, 0.15) is 5.75 Å². The minimum Gasteiger partial charge on any atom is -0.496 e. The molecule has 0 radical (unpaired) electrons. The summed E-state index contributed by atoms with van der Waals surface area (Å²) in [6.07, 6.45) is 5.77. The molecule has 0 bridgehead atoms. The number of hydrogen-bond donors (Lipinski definition) is 0. The Morgan fingerprint density at radius 1 is 1.17 bits per heavy atom. The molecule has 6 nitrogen and oxygen atoms in total. The topological polar surface area (TPSA) is 54.9 Å². The van der Waals surface area contributed by atoms with Gasteiger partial charge in [0.25, 0.3) is 5.91 Å². The van der Waals surface area contributed by atoms with Gasteiger partial charge in [0.05, 0.1) is 13.7 Å². The van der Waals surface area contributed by atoms with Gasteiger partial charge in [0.2, 0.25) is 0 Å². The van der Waals surface area contributed by atoms with E-state index in [0.717, 1.165) is 62.5 Å². The Morgan fingerprint density at radius 3 is 2.57 bits per heavy atom. The first-order chi connectivity index (χ1) is 14.6. The Balaban J connectivity index is 1.48. The van der Waals surface area contributed by atoms with Gasteiger partial charge in [-0.2, -0.15) is 0 Å². The fourth-order valence-electron chi connectivity index (χ4n) is 5.21. The predicted octanol–water partition coefficient (Wildman–Crippen LogP) is 3.32. The number of benzene rings is 1. The molecular weight excluding hydrogens is 378 g/mol. The third kappa shape index (κ3) is 3.70. The van der Waals surface area contributed by atoms with E-state index in [1.54, 1.807) is 14.2 Å². The van der Waals surface area contributed by atoms with Crippen LogP contribution in [-0.2, 0) is 4.74 Å². The zero-order valence-corrected chi connectivity index (χ0v) is 18.1. The van der Waals surface area contributed by atoms with Gasteiger partial charge in [0, 0.05) is 68.3 Å². The van der Waals surface area contributed by atoms with Crippen molar-refractivity contribution in [3.05, 3.63) is 59.4 Å². The van der Waals surface area contributed by atoms with Gasteiger partial charge >= 0.3 is 0 Å². The van der Waals surface area contributed by atoms with E-state index >= 15 is 0 Å². The van der Waals surface area contributed by atoms with Crippen molar-refractivity contribution in [3.8, 4) is 5.75 Å². The monoisotopic (exact) mass is 409 g/mol. The van der Waals surface area contributed by atoms with Crippen LogP contribution in [0.5, 0.6) is 5.75 Å². The maximum absolute atomic E-state index is 13.2. The number of likely N-dealkylation sites (tertiary alicyclic amines) is 2. The van der Waals surface area contributed by atoms with Crippen LogP contribution < -0.4 is 4.74 Å². The quantitative estimate of drug-likeness (QED) is 0.733. The Hall–Kier alpha value is -2.44. The van der Waals surface area contributed by atoms with Crippen LogP contribution in [0.2, 0.25) is 0 Å². The minimum absolute atomic E-state index is 0.109. The van der Waals surface area contributed by atoms with Crippen LogP contribution in [0.4, 0.5) is 0 Å². The van der Waals surface area contributed by atoms with Gasteiger partial charge in [-0.05, 0) is 49.6 Å². The lowest BCUT2D eigenvalue weighted by Crippen LogP contribution is -2.63. The lowest BCUT2D eigenvalue weighted by molar-refractivity contribution is -0.114. The van der Waals surface area contributed by atoms with Gasteiger partial charge in [-0.1, -0.05) is 6.07 Å². The Morgan fingerprint density at radius 2 is 1.90 bits per heavy atom. The number of carbonyl (C=O) groups is 1. The van der Waals surface area contributed by atoms with Gasteiger partial charge in [-0.25, -0.2) is 0 Å². The van der Waals surface area contributed by atoms with E-state index in [9.17, 15) is 4.79 Å². The first-order valence-corrected chi connectivity index (χ1v) is 10.7. The molecule has 0 N–H and O–H groups in total. The Labute approximate surface area is 178 Å². The number of rotatable bonds is 6. The van der Waals surface area contributed by atoms with E-state index in [4.69, 9.17) is 9.47 Å². The van der Waals surface area contributed by atoms with Gasteiger partial charge in [-0.3, -0.25) is 14.7 Å². The van der Waals surface area contributed by atoms with Gasteiger partial charge in [0.15, 0.2) is 0 Å². The highest BCUT2D eigenvalue weighted by Crippen LogP contribution is 2.54. The molecule has 2 aliphatic heterocycles. The number of ether oxygens (including phenoxy) is 2. The first kappa shape index (κ1) is 20.8. The van der Waals surface area contributed by atoms with Crippen molar-refractivity contribution in [1.29, 1.82) is 0 Å². The second-order valence-electron chi connectivity index (χ2n) is 8.43. The van der Waals surface area contributed by atoms with Gasteiger partial charge in [-0.15, -0.1) is 0 Å². The van der Waals surface area contributed by atoms with E-state index in [1.807, 2.05) is 42.4 Å². The zero-order valence-electron chi connectivity index (χ0n) is 18.1. The Bertz CT molecular complexity index is 879. The molecule has 160 valence electrons. The van der Waals surface area contributed by atoms with Crippen molar-refractivity contribution >= 4 is 5.91 Å². The average molecular weight is 410 g/mol. The van der Waals surface area contributed by atoms with Crippen LogP contribution >= 0.6 is 0 Å². The lowest BCUT2D eigenvalue weighted by Gasteiger charge is -2.60. The van der Waals surface area contributed by atoms with Crippen LogP contribution in [-0.4, -0.2) is 67.7 Å².